The van der Waals surface area contributed by atoms with Crippen molar-refractivity contribution in [2.45, 2.75) is 38.1 Å². The summed E-state index contributed by atoms with van der Waals surface area (Å²) in [7, 11) is 3.85. The van der Waals surface area contributed by atoms with Crippen LogP contribution < -0.4 is 16.0 Å². The van der Waals surface area contributed by atoms with Gasteiger partial charge in [0.25, 0.3) is 5.91 Å². The van der Waals surface area contributed by atoms with Crippen molar-refractivity contribution in [2.24, 2.45) is 11.7 Å². The number of hydrogen-bond acceptors (Lipinski definition) is 4. The largest absolute Gasteiger partial charge is 0.363 e. The van der Waals surface area contributed by atoms with Crippen LogP contribution in [0.2, 0.25) is 0 Å². The minimum Gasteiger partial charge on any atom is -0.363 e. The smallest absolute Gasteiger partial charge is 0.253 e. The lowest BCUT2D eigenvalue weighted by atomic mass is 9.84. The molecule has 1 fully saturated rings. The maximum Gasteiger partial charge on any atom is 0.253 e. The first-order valence-corrected chi connectivity index (χ1v) is 7.76. The van der Waals surface area contributed by atoms with E-state index in [4.69, 9.17) is 5.73 Å². The van der Waals surface area contributed by atoms with Gasteiger partial charge in [0.05, 0.1) is 5.56 Å². The van der Waals surface area contributed by atoms with Gasteiger partial charge in [-0.05, 0) is 30.9 Å². The van der Waals surface area contributed by atoms with E-state index in [1.165, 1.54) is 32.1 Å². The van der Waals surface area contributed by atoms with E-state index in [1.807, 2.05) is 31.1 Å². The normalized spacial score (nSPS) is 17.3. The van der Waals surface area contributed by atoms with E-state index in [2.05, 4.69) is 10.3 Å². The predicted molar refractivity (Wildman–Crippen MR) is 85.4 cm³/mol. The van der Waals surface area contributed by atoms with Crippen LogP contribution in [-0.4, -0.2) is 37.6 Å². The molecule has 0 aromatic carbocycles. The third-order valence-corrected chi connectivity index (χ3v) is 4.26. The van der Waals surface area contributed by atoms with Crippen molar-refractivity contribution >= 4 is 11.7 Å². The Balaban J connectivity index is 1.98. The molecule has 0 aliphatic heterocycles. The van der Waals surface area contributed by atoms with Gasteiger partial charge in [0, 0.05) is 32.9 Å². The lowest BCUT2D eigenvalue weighted by Gasteiger charge is -2.30. The molecule has 5 nitrogen and oxygen atoms in total. The first-order valence-electron chi connectivity index (χ1n) is 7.76. The molecule has 0 spiro atoms. The van der Waals surface area contributed by atoms with Gasteiger partial charge in [0.2, 0.25) is 0 Å². The molecule has 1 aromatic heterocycles. The highest BCUT2D eigenvalue weighted by molar-refractivity contribution is 5.94. The quantitative estimate of drug-likeness (QED) is 0.867. The molecule has 5 heteroatoms. The molecule has 1 atom stereocenters. The summed E-state index contributed by atoms with van der Waals surface area (Å²) < 4.78 is 0. The summed E-state index contributed by atoms with van der Waals surface area (Å²) in [6, 6.07) is 3.74. The van der Waals surface area contributed by atoms with Crippen LogP contribution in [-0.2, 0) is 0 Å². The zero-order chi connectivity index (χ0) is 15.2. The number of nitrogens with two attached hydrogens (primary N) is 1. The van der Waals surface area contributed by atoms with E-state index in [0.29, 0.717) is 18.0 Å². The number of pyridine rings is 1. The fraction of sp³-hybridized carbons (Fsp3) is 0.625. The van der Waals surface area contributed by atoms with Gasteiger partial charge in [-0.2, -0.15) is 0 Å². The van der Waals surface area contributed by atoms with E-state index < -0.39 is 0 Å². The van der Waals surface area contributed by atoms with Crippen LogP contribution in [0, 0.1) is 5.92 Å². The third kappa shape index (κ3) is 4.17. The third-order valence-electron chi connectivity index (χ3n) is 4.26. The number of nitrogens with one attached hydrogen (secondary N) is 1. The highest BCUT2D eigenvalue weighted by Crippen LogP contribution is 2.26. The topological polar surface area (TPSA) is 71.2 Å². The lowest BCUT2D eigenvalue weighted by Crippen LogP contribution is -2.45. The van der Waals surface area contributed by atoms with Crippen molar-refractivity contribution in [2.75, 3.05) is 25.5 Å². The van der Waals surface area contributed by atoms with Crippen molar-refractivity contribution in [1.82, 2.24) is 10.3 Å². The van der Waals surface area contributed by atoms with Gasteiger partial charge < -0.3 is 16.0 Å². The monoisotopic (exact) mass is 290 g/mol. The molecule has 1 unspecified atom stereocenters. The molecule has 21 heavy (non-hydrogen) atoms. The van der Waals surface area contributed by atoms with Crippen LogP contribution in [0.1, 0.15) is 42.5 Å². The van der Waals surface area contributed by atoms with Crippen LogP contribution in [0.5, 0.6) is 0 Å². The standard InChI is InChI=1S/C16H26N4O/c1-20(2)15-9-8-13(11-18-15)16(21)19-14(10-17)12-6-4-3-5-7-12/h8-9,11-12,14H,3-7,10,17H2,1-2H3,(H,19,21). The van der Waals surface area contributed by atoms with Gasteiger partial charge in [0.1, 0.15) is 5.82 Å². The Morgan fingerprint density at radius 1 is 1.38 bits per heavy atom. The number of rotatable bonds is 5. The molecule has 2 rings (SSSR count). The summed E-state index contributed by atoms with van der Waals surface area (Å²) in [5, 5.41) is 3.08. The molecule has 116 valence electrons. The molecular weight excluding hydrogens is 264 g/mol. The molecule has 0 radical (unpaired) electrons. The van der Waals surface area contributed by atoms with Crippen LogP contribution in [0.3, 0.4) is 0 Å². The van der Waals surface area contributed by atoms with Gasteiger partial charge in [-0.15, -0.1) is 0 Å². The fourth-order valence-electron chi connectivity index (χ4n) is 2.94. The highest BCUT2D eigenvalue weighted by Gasteiger charge is 2.24. The van der Waals surface area contributed by atoms with E-state index >= 15 is 0 Å². The van der Waals surface area contributed by atoms with Gasteiger partial charge in [-0.3, -0.25) is 4.79 Å². The molecule has 1 aliphatic carbocycles. The average molecular weight is 290 g/mol. The second-order valence-corrected chi connectivity index (χ2v) is 6.01. The SMILES string of the molecule is CN(C)c1ccc(C(=O)NC(CN)C2CCCCC2)cn1. The number of amides is 1. The average Bonchev–Trinajstić information content (AvgIpc) is 2.53. The molecule has 1 heterocycles. The Kier molecular flexibility index (Phi) is 5.56. The number of carbonyl (C=O) groups is 1. The second kappa shape index (κ2) is 7.41. The number of anilines is 1. The molecule has 0 saturated heterocycles. The molecule has 1 saturated carbocycles. The van der Waals surface area contributed by atoms with E-state index in [-0.39, 0.29) is 11.9 Å². The highest BCUT2D eigenvalue weighted by atomic mass is 16.1. The Morgan fingerprint density at radius 3 is 2.62 bits per heavy atom. The molecule has 0 bridgehead atoms. The van der Waals surface area contributed by atoms with Crippen LogP contribution in [0.25, 0.3) is 0 Å². The summed E-state index contributed by atoms with van der Waals surface area (Å²) in [5.74, 6) is 1.28. The summed E-state index contributed by atoms with van der Waals surface area (Å²) in [5.41, 5.74) is 6.45. The van der Waals surface area contributed by atoms with Crippen molar-refractivity contribution in [3.05, 3.63) is 23.9 Å². The summed E-state index contributed by atoms with van der Waals surface area (Å²) in [6.07, 6.45) is 7.75. The summed E-state index contributed by atoms with van der Waals surface area (Å²) >= 11 is 0. The minimum atomic E-state index is -0.0752. The van der Waals surface area contributed by atoms with E-state index in [9.17, 15) is 4.79 Å². The number of nitrogens with zero attached hydrogens (tertiary/aromatic N) is 2. The minimum absolute atomic E-state index is 0.0752. The zero-order valence-electron chi connectivity index (χ0n) is 13.0. The van der Waals surface area contributed by atoms with Crippen molar-refractivity contribution in [3.8, 4) is 0 Å². The second-order valence-electron chi connectivity index (χ2n) is 6.01. The van der Waals surface area contributed by atoms with Crippen molar-refractivity contribution < 1.29 is 4.79 Å². The van der Waals surface area contributed by atoms with Gasteiger partial charge >= 0.3 is 0 Å². The Hall–Kier alpha value is -1.62. The van der Waals surface area contributed by atoms with Crippen LogP contribution >= 0.6 is 0 Å². The predicted octanol–water partition coefficient (Wildman–Crippen LogP) is 1.78. The maximum absolute atomic E-state index is 12.3. The first kappa shape index (κ1) is 15.8. The molecule has 1 aliphatic rings. The molecule has 3 N–H and O–H groups in total. The lowest BCUT2D eigenvalue weighted by molar-refractivity contribution is 0.0915. The Labute approximate surface area is 126 Å². The number of hydrogen-bond donors (Lipinski definition) is 2. The first-order chi connectivity index (χ1) is 10.1. The number of aromatic nitrogens is 1. The summed E-state index contributed by atoms with van der Waals surface area (Å²) in [4.78, 5) is 18.5. The number of carbonyl (C=O) groups excluding carboxylic acids is 1. The zero-order valence-corrected chi connectivity index (χ0v) is 13.0. The van der Waals surface area contributed by atoms with Gasteiger partial charge in [-0.1, -0.05) is 19.3 Å². The van der Waals surface area contributed by atoms with E-state index in [1.54, 1.807) is 6.20 Å². The fourth-order valence-corrected chi connectivity index (χ4v) is 2.94. The summed E-state index contributed by atoms with van der Waals surface area (Å²) in [6.45, 7) is 0.500. The van der Waals surface area contributed by atoms with Gasteiger partial charge in [-0.25, -0.2) is 4.98 Å². The van der Waals surface area contributed by atoms with Crippen LogP contribution in [0.15, 0.2) is 18.3 Å². The van der Waals surface area contributed by atoms with Crippen molar-refractivity contribution in [3.63, 3.8) is 0 Å². The van der Waals surface area contributed by atoms with Gasteiger partial charge in [0.15, 0.2) is 0 Å². The molecule has 1 amide bonds. The maximum atomic E-state index is 12.3. The van der Waals surface area contributed by atoms with Crippen molar-refractivity contribution in [1.29, 1.82) is 0 Å². The Bertz CT molecular complexity index is 452. The molecular formula is C16H26N4O. The van der Waals surface area contributed by atoms with Crippen LogP contribution in [0.4, 0.5) is 5.82 Å². The Morgan fingerprint density at radius 2 is 2.10 bits per heavy atom. The molecule has 1 aromatic rings. The van der Waals surface area contributed by atoms with E-state index in [0.717, 1.165) is 5.82 Å².